The molecule has 3 aliphatic rings. The fourth-order valence-electron chi connectivity index (χ4n) is 3.00. The van der Waals surface area contributed by atoms with Crippen molar-refractivity contribution in [3.05, 3.63) is 0 Å². The minimum Gasteiger partial charge on any atom is -0.330 e. The Balaban J connectivity index is 2.04. The lowest BCUT2D eigenvalue weighted by Crippen LogP contribution is -2.77. The molecule has 1 amide bonds. The molecule has 2 N–H and O–H groups in total. The largest absolute Gasteiger partial charge is 0.493 e. The number of hydrogen-bond donors (Lipinski definition) is 1. The molecule has 0 heterocycles. The van der Waals surface area contributed by atoms with Gasteiger partial charge in [0.2, 0.25) is 0 Å². The molecule has 0 unspecified atom stereocenters. The number of hydrogen-bond acceptors (Lipinski definition) is 4. The van der Waals surface area contributed by atoms with Gasteiger partial charge in [-0.2, -0.15) is 18.2 Å². The molecule has 0 saturated heterocycles. The normalized spacial score (nSPS) is 33.2. The van der Waals surface area contributed by atoms with Gasteiger partial charge >= 0.3 is 12.1 Å². The number of amides is 1. The van der Waals surface area contributed by atoms with Gasteiger partial charge in [-0.15, -0.1) is 0 Å². The second-order valence-electron chi connectivity index (χ2n) is 5.15. The van der Waals surface area contributed by atoms with Gasteiger partial charge < -0.3 is 10.6 Å². The van der Waals surface area contributed by atoms with Crippen molar-refractivity contribution in [3.63, 3.8) is 0 Å². The highest BCUT2D eigenvalue weighted by Gasteiger charge is 2.72. The predicted octanol–water partition coefficient (Wildman–Crippen LogP) is 0.737. The molecule has 5 nitrogen and oxygen atoms in total. The molecule has 0 aromatic rings. The quantitative estimate of drug-likeness (QED) is 0.748. The van der Waals surface area contributed by atoms with Gasteiger partial charge in [0.1, 0.15) is 0 Å². The first kappa shape index (κ1) is 13.1. The Morgan fingerprint density at radius 3 is 2.17 bits per heavy atom. The van der Waals surface area contributed by atoms with E-state index in [1.165, 1.54) is 0 Å². The summed E-state index contributed by atoms with van der Waals surface area (Å²) in [6.07, 6.45) is -3.65. The molecule has 0 atom stereocenters. The lowest BCUT2D eigenvalue weighted by molar-refractivity contribution is -0.316. The molecule has 0 aromatic heterocycles. The van der Waals surface area contributed by atoms with Gasteiger partial charge in [-0.3, -0.25) is 4.79 Å². The SMILES string of the molecule is CC(=O)N(OC(=O)C(F)(F)F)C12CC(CN)(C1)C2. The summed E-state index contributed by atoms with van der Waals surface area (Å²) in [4.78, 5) is 26.3. The lowest BCUT2D eigenvalue weighted by Gasteiger charge is -2.71. The van der Waals surface area contributed by atoms with Crippen molar-refractivity contribution in [2.75, 3.05) is 6.54 Å². The predicted molar refractivity (Wildman–Crippen MR) is 52.7 cm³/mol. The van der Waals surface area contributed by atoms with Crippen LogP contribution in [0.1, 0.15) is 26.2 Å². The molecule has 3 aliphatic carbocycles. The number of carbonyl (C=O) groups is 2. The maximum absolute atomic E-state index is 12.1. The van der Waals surface area contributed by atoms with E-state index in [2.05, 4.69) is 4.84 Å². The third kappa shape index (κ3) is 1.75. The van der Waals surface area contributed by atoms with E-state index >= 15 is 0 Å². The third-order valence-electron chi connectivity index (χ3n) is 3.67. The van der Waals surface area contributed by atoms with Gasteiger partial charge in [0, 0.05) is 6.92 Å². The lowest BCUT2D eigenvalue weighted by atomic mass is 9.39. The van der Waals surface area contributed by atoms with Crippen LogP contribution in [0.25, 0.3) is 0 Å². The number of nitrogens with zero attached hydrogens (tertiary/aromatic N) is 1. The molecule has 2 bridgehead atoms. The van der Waals surface area contributed by atoms with Crippen molar-refractivity contribution >= 4 is 11.9 Å². The van der Waals surface area contributed by atoms with Crippen molar-refractivity contribution in [2.24, 2.45) is 11.1 Å². The van der Waals surface area contributed by atoms with E-state index < -0.39 is 23.6 Å². The van der Waals surface area contributed by atoms with Gasteiger partial charge in [0.05, 0.1) is 5.54 Å². The summed E-state index contributed by atoms with van der Waals surface area (Å²) < 4.78 is 36.3. The third-order valence-corrected chi connectivity index (χ3v) is 3.67. The van der Waals surface area contributed by atoms with Crippen LogP contribution in [0.2, 0.25) is 0 Å². The van der Waals surface area contributed by atoms with Gasteiger partial charge in [-0.05, 0) is 31.2 Å². The summed E-state index contributed by atoms with van der Waals surface area (Å²) in [5.74, 6) is -3.08. The highest BCUT2D eigenvalue weighted by molar-refractivity contribution is 5.80. The highest BCUT2D eigenvalue weighted by Crippen LogP contribution is 2.69. The fraction of sp³-hybridized carbons (Fsp3) is 0.800. The van der Waals surface area contributed by atoms with Gasteiger partial charge in [0.25, 0.3) is 5.91 Å². The van der Waals surface area contributed by atoms with Crippen LogP contribution in [-0.4, -0.2) is 35.2 Å². The van der Waals surface area contributed by atoms with Crippen LogP contribution in [-0.2, 0) is 14.4 Å². The molecule has 102 valence electrons. The van der Waals surface area contributed by atoms with Crippen LogP contribution in [0.3, 0.4) is 0 Å². The highest BCUT2D eigenvalue weighted by atomic mass is 19.4. The van der Waals surface area contributed by atoms with Crippen molar-refractivity contribution in [1.29, 1.82) is 0 Å². The number of carbonyl (C=O) groups excluding carboxylic acids is 2. The monoisotopic (exact) mass is 266 g/mol. The minimum absolute atomic E-state index is 0.0850. The molecule has 0 aliphatic heterocycles. The number of hydroxylamine groups is 2. The Labute approximate surface area is 101 Å². The maximum atomic E-state index is 12.1. The second kappa shape index (κ2) is 3.59. The molecule has 8 heteroatoms. The summed E-state index contributed by atoms with van der Waals surface area (Å²) in [6.45, 7) is 1.49. The zero-order chi connectivity index (χ0) is 13.8. The fourth-order valence-corrected chi connectivity index (χ4v) is 3.00. The first-order valence-electron chi connectivity index (χ1n) is 5.44. The Kier molecular flexibility index (Phi) is 2.62. The Bertz CT molecular complexity index is 388. The van der Waals surface area contributed by atoms with Crippen LogP contribution in [0.15, 0.2) is 0 Å². The van der Waals surface area contributed by atoms with Crippen LogP contribution >= 0.6 is 0 Å². The number of nitrogens with two attached hydrogens (primary N) is 1. The molecule has 18 heavy (non-hydrogen) atoms. The van der Waals surface area contributed by atoms with Gasteiger partial charge in [-0.1, -0.05) is 0 Å². The molecular formula is C10H13F3N2O3. The number of rotatable bonds is 2. The van der Waals surface area contributed by atoms with Crippen LogP contribution in [0, 0.1) is 5.41 Å². The first-order valence-corrected chi connectivity index (χ1v) is 5.44. The second-order valence-corrected chi connectivity index (χ2v) is 5.15. The Hall–Kier alpha value is -1.31. The van der Waals surface area contributed by atoms with Crippen LogP contribution in [0.4, 0.5) is 13.2 Å². The number of halogens is 3. The molecular weight excluding hydrogens is 253 g/mol. The topological polar surface area (TPSA) is 72.6 Å². The Morgan fingerprint density at radius 2 is 1.83 bits per heavy atom. The Morgan fingerprint density at radius 1 is 1.33 bits per heavy atom. The van der Waals surface area contributed by atoms with E-state index in [1.54, 1.807) is 0 Å². The van der Waals surface area contributed by atoms with Crippen LogP contribution in [0.5, 0.6) is 0 Å². The standard InChI is InChI=1S/C10H13F3N2O3/c1-6(16)15(18-7(17)10(11,12)13)9-2-8(3-9,4-9)5-14/h2-5,14H2,1H3. The van der Waals surface area contributed by atoms with E-state index in [0.717, 1.165) is 6.92 Å². The average Bonchev–Trinajstić information content (AvgIpc) is 2.10. The maximum Gasteiger partial charge on any atom is 0.493 e. The molecule has 0 radical (unpaired) electrons. The zero-order valence-corrected chi connectivity index (χ0v) is 9.71. The smallest absolute Gasteiger partial charge is 0.330 e. The van der Waals surface area contributed by atoms with Gasteiger partial charge in [-0.25, -0.2) is 4.79 Å². The van der Waals surface area contributed by atoms with E-state index in [9.17, 15) is 22.8 Å². The molecule has 3 rings (SSSR count). The zero-order valence-electron chi connectivity index (χ0n) is 9.71. The van der Waals surface area contributed by atoms with E-state index in [0.29, 0.717) is 30.9 Å². The van der Waals surface area contributed by atoms with Crippen molar-refractivity contribution < 1.29 is 27.6 Å². The summed E-state index contributed by atoms with van der Waals surface area (Å²) in [7, 11) is 0. The minimum atomic E-state index is -5.11. The summed E-state index contributed by atoms with van der Waals surface area (Å²) in [6, 6.07) is 0. The summed E-state index contributed by atoms with van der Waals surface area (Å²) in [5.41, 5.74) is 4.66. The molecule has 3 fully saturated rings. The average molecular weight is 266 g/mol. The summed E-state index contributed by atoms with van der Waals surface area (Å²) in [5, 5.41) is 0.570. The molecule has 0 aromatic carbocycles. The first-order chi connectivity index (χ1) is 8.14. The van der Waals surface area contributed by atoms with E-state index in [-0.39, 0.29) is 5.41 Å². The summed E-state index contributed by atoms with van der Waals surface area (Å²) >= 11 is 0. The van der Waals surface area contributed by atoms with Crippen molar-refractivity contribution in [3.8, 4) is 0 Å². The number of alkyl halides is 3. The van der Waals surface area contributed by atoms with E-state index in [1.807, 2.05) is 0 Å². The van der Waals surface area contributed by atoms with Crippen molar-refractivity contribution in [2.45, 2.75) is 37.9 Å². The van der Waals surface area contributed by atoms with Crippen LogP contribution < -0.4 is 5.73 Å². The molecule has 0 spiro atoms. The van der Waals surface area contributed by atoms with Gasteiger partial charge in [0.15, 0.2) is 0 Å². The van der Waals surface area contributed by atoms with E-state index in [4.69, 9.17) is 5.73 Å². The van der Waals surface area contributed by atoms with Crippen molar-refractivity contribution in [1.82, 2.24) is 5.06 Å². The molecule has 3 saturated carbocycles.